The van der Waals surface area contributed by atoms with Gasteiger partial charge in [0.05, 0.1) is 0 Å². The lowest BCUT2D eigenvalue weighted by Gasteiger charge is -2.32. The van der Waals surface area contributed by atoms with E-state index in [2.05, 4.69) is 0 Å². The Balaban J connectivity index is 3.63. The van der Waals surface area contributed by atoms with E-state index in [1.54, 1.807) is 0 Å². The van der Waals surface area contributed by atoms with Gasteiger partial charge in [-0.3, -0.25) is 4.74 Å². The van der Waals surface area contributed by atoms with Gasteiger partial charge < -0.3 is 0 Å². The Bertz CT molecular complexity index is 391. The molecule has 0 saturated carbocycles. The highest BCUT2D eigenvalue weighted by Crippen LogP contribution is 2.60. The standard InChI is InChI=1S/C7H2F12O/c8-1-3(11,12)5(15,2(9)10)20-7(18,19)6(16,17)4(1,13)14/h1-2H. The summed E-state index contributed by atoms with van der Waals surface area (Å²) in [5.41, 5.74) is 0. The second-order valence-corrected chi connectivity index (χ2v) is 3.75. The van der Waals surface area contributed by atoms with Gasteiger partial charge in [0, 0.05) is 0 Å². The predicted octanol–water partition coefficient (Wildman–Crippen LogP) is 3.78. The molecule has 120 valence electrons. The van der Waals surface area contributed by atoms with Crippen LogP contribution in [0.15, 0.2) is 0 Å². The van der Waals surface area contributed by atoms with Crippen molar-refractivity contribution in [3.8, 4) is 0 Å². The van der Waals surface area contributed by atoms with Crippen molar-refractivity contribution in [2.24, 2.45) is 0 Å². The van der Waals surface area contributed by atoms with Gasteiger partial charge in [-0.15, -0.1) is 0 Å². The fourth-order valence-corrected chi connectivity index (χ4v) is 1.26. The normalized spacial score (nSPS) is 38.5. The molecule has 1 aliphatic heterocycles. The first-order valence-corrected chi connectivity index (χ1v) is 4.38. The lowest BCUT2D eigenvalue weighted by Crippen LogP contribution is -2.61. The Hall–Kier alpha value is -0.880. The number of hydrogen-bond donors (Lipinski definition) is 0. The Kier molecular flexibility index (Phi) is 3.50. The monoisotopic (exact) mass is 330 g/mol. The van der Waals surface area contributed by atoms with E-state index in [9.17, 15) is 52.7 Å². The average Bonchev–Trinajstić information content (AvgIpc) is 2.26. The van der Waals surface area contributed by atoms with Gasteiger partial charge in [-0.1, -0.05) is 0 Å². The summed E-state index contributed by atoms with van der Waals surface area (Å²) < 4.78 is 153. The number of alkyl halides is 12. The molecule has 0 bridgehead atoms. The van der Waals surface area contributed by atoms with E-state index in [0.717, 1.165) is 0 Å². The highest BCUT2D eigenvalue weighted by atomic mass is 19.4. The molecular weight excluding hydrogens is 328 g/mol. The number of rotatable bonds is 1. The summed E-state index contributed by atoms with van der Waals surface area (Å²) in [6.07, 6.45) is -17.8. The minimum Gasteiger partial charge on any atom is -0.267 e. The molecule has 20 heavy (non-hydrogen) atoms. The van der Waals surface area contributed by atoms with Crippen LogP contribution in [-0.2, 0) is 4.74 Å². The van der Waals surface area contributed by atoms with E-state index < -0.39 is 42.3 Å². The minimum absolute atomic E-state index is 1.91. The van der Waals surface area contributed by atoms with Gasteiger partial charge in [0.25, 0.3) is 0 Å². The molecule has 0 aromatic carbocycles. The molecule has 1 rings (SSSR count). The second-order valence-electron chi connectivity index (χ2n) is 3.75. The van der Waals surface area contributed by atoms with Crippen LogP contribution in [0.25, 0.3) is 0 Å². The molecule has 0 radical (unpaired) electrons. The fraction of sp³-hybridized carbons (Fsp3) is 1.00. The SMILES string of the molecule is FC1C(F)(F)C(F)(C(F)F)OC(F)(F)C(F)(F)C1(F)F. The smallest absolute Gasteiger partial charge is 0.267 e. The minimum atomic E-state index is -6.99. The van der Waals surface area contributed by atoms with Crippen molar-refractivity contribution in [2.75, 3.05) is 0 Å². The van der Waals surface area contributed by atoms with Crippen LogP contribution >= 0.6 is 0 Å². The van der Waals surface area contributed by atoms with Gasteiger partial charge in [-0.05, 0) is 0 Å². The van der Waals surface area contributed by atoms with Crippen LogP contribution in [0, 0.1) is 0 Å². The third-order valence-electron chi connectivity index (χ3n) is 2.43. The summed E-state index contributed by atoms with van der Waals surface area (Å²) in [5.74, 6) is -26.9. The third kappa shape index (κ3) is 1.77. The van der Waals surface area contributed by atoms with E-state index in [0.29, 0.717) is 0 Å². The van der Waals surface area contributed by atoms with Gasteiger partial charge in [-0.2, -0.15) is 39.5 Å². The Morgan fingerprint density at radius 2 is 1.15 bits per heavy atom. The molecule has 0 aromatic rings. The maximum Gasteiger partial charge on any atom is 0.428 e. The highest BCUT2D eigenvalue weighted by molar-refractivity contribution is 5.10. The summed E-state index contributed by atoms with van der Waals surface area (Å²) in [6, 6.07) is 0. The van der Waals surface area contributed by atoms with Gasteiger partial charge in [0.2, 0.25) is 6.17 Å². The average molecular weight is 330 g/mol. The molecule has 1 aliphatic rings. The summed E-state index contributed by atoms with van der Waals surface area (Å²) in [4.78, 5) is 0. The summed E-state index contributed by atoms with van der Waals surface area (Å²) >= 11 is 0. The zero-order chi connectivity index (χ0) is 16.4. The van der Waals surface area contributed by atoms with Crippen molar-refractivity contribution in [2.45, 2.75) is 42.3 Å². The number of ether oxygens (including phenoxy) is 1. The van der Waals surface area contributed by atoms with Crippen LogP contribution in [0.3, 0.4) is 0 Å². The zero-order valence-corrected chi connectivity index (χ0v) is 8.60. The molecule has 1 nitrogen and oxygen atoms in total. The maximum atomic E-state index is 13.1. The Labute approximate surface area is 101 Å². The molecule has 0 aromatic heterocycles. The van der Waals surface area contributed by atoms with E-state index in [4.69, 9.17) is 0 Å². The maximum absolute atomic E-state index is 13.1. The van der Waals surface area contributed by atoms with Crippen LogP contribution in [-0.4, -0.2) is 42.3 Å². The van der Waals surface area contributed by atoms with E-state index in [1.807, 2.05) is 4.74 Å². The molecule has 0 N–H and O–H groups in total. The number of hydrogen-bond acceptors (Lipinski definition) is 1. The molecular formula is C7H2F12O. The molecule has 0 aliphatic carbocycles. The molecule has 1 fully saturated rings. The first-order valence-electron chi connectivity index (χ1n) is 4.38. The largest absolute Gasteiger partial charge is 0.428 e. The first-order chi connectivity index (χ1) is 8.56. The Morgan fingerprint density at radius 3 is 1.50 bits per heavy atom. The summed E-state index contributed by atoms with van der Waals surface area (Å²) in [6.45, 7) is 0. The van der Waals surface area contributed by atoms with Crippen molar-refractivity contribution in [1.29, 1.82) is 0 Å². The molecule has 2 unspecified atom stereocenters. The predicted molar refractivity (Wildman–Crippen MR) is 35.6 cm³/mol. The van der Waals surface area contributed by atoms with E-state index >= 15 is 0 Å². The third-order valence-corrected chi connectivity index (χ3v) is 2.43. The lowest BCUT2D eigenvalue weighted by molar-refractivity contribution is -0.448. The molecule has 0 amide bonds. The van der Waals surface area contributed by atoms with Gasteiger partial charge >= 0.3 is 36.2 Å². The van der Waals surface area contributed by atoms with Crippen LogP contribution < -0.4 is 0 Å². The zero-order valence-electron chi connectivity index (χ0n) is 8.60. The summed E-state index contributed by atoms with van der Waals surface area (Å²) in [5, 5.41) is 0. The topological polar surface area (TPSA) is 9.23 Å². The fourth-order valence-electron chi connectivity index (χ4n) is 1.26. The van der Waals surface area contributed by atoms with Gasteiger partial charge in [-0.25, -0.2) is 13.2 Å². The second kappa shape index (κ2) is 4.07. The van der Waals surface area contributed by atoms with Gasteiger partial charge in [0.15, 0.2) is 0 Å². The molecule has 2 atom stereocenters. The van der Waals surface area contributed by atoms with Crippen molar-refractivity contribution in [3.05, 3.63) is 0 Å². The lowest BCUT2D eigenvalue weighted by atomic mass is 9.98. The van der Waals surface area contributed by atoms with Crippen molar-refractivity contribution < 1.29 is 57.4 Å². The first kappa shape index (κ1) is 17.2. The Morgan fingerprint density at radius 1 is 0.750 bits per heavy atom. The highest BCUT2D eigenvalue weighted by Gasteiger charge is 2.88. The van der Waals surface area contributed by atoms with Crippen LogP contribution in [0.5, 0.6) is 0 Å². The molecule has 1 heterocycles. The summed E-state index contributed by atoms with van der Waals surface area (Å²) in [7, 11) is 0. The molecule has 0 spiro atoms. The van der Waals surface area contributed by atoms with E-state index in [1.165, 1.54) is 0 Å². The van der Waals surface area contributed by atoms with Crippen LogP contribution in [0.1, 0.15) is 0 Å². The van der Waals surface area contributed by atoms with Crippen molar-refractivity contribution >= 4 is 0 Å². The quantitative estimate of drug-likeness (QED) is 0.665. The van der Waals surface area contributed by atoms with Crippen molar-refractivity contribution in [1.82, 2.24) is 0 Å². The number of halogens is 12. The van der Waals surface area contributed by atoms with E-state index in [-0.39, 0.29) is 0 Å². The van der Waals surface area contributed by atoms with Crippen molar-refractivity contribution in [3.63, 3.8) is 0 Å². The van der Waals surface area contributed by atoms with Crippen LogP contribution in [0.4, 0.5) is 52.7 Å². The van der Waals surface area contributed by atoms with Gasteiger partial charge in [0.1, 0.15) is 0 Å². The van der Waals surface area contributed by atoms with Crippen LogP contribution in [0.2, 0.25) is 0 Å². The molecule has 13 heteroatoms. The molecule has 1 saturated heterocycles.